The van der Waals surface area contributed by atoms with Crippen LogP contribution in [0.2, 0.25) is 5.15 Å². The van der Waals surface area contributed by atoms with Crippen molar-refractivity contribution in [1.29, 1.82) is 0 Å². The van der Waals surface area contributed by atoms with Crippen molar-refractivity contribution in [2.45, 2.75) is 0 Å². The van der Waals surface area contributed by atoms with Crippen molar-refractivity contribution < 1.29 is 0 Å². The van der Waals surface area contributed by atoms with Gasteiger partial charge in [0.15, 0.2) is 5.15 Å². The molecular weight excluding hydrogens is 150 g/mol. The van der Waals surface area contributed by atoms with Crippen molar-refractivity contribution in [2.75, 3.05) is 0 Å². The van der Waals surface area contributed by atoms with E-state index >= 15 is 0 Å². The molecular formula is C6H3ClN3. The smallest absolute Gasteiger partial charge is 0.156 e. The van der Waals surface area contributed by atoms with Crippen molar-refractivity contribution in [3.8, 4) is 0 Å². The van der Waals surface area contributed by atoms with Crippen LogP contribution in [0.15, 0.2) is 12.5 Å². The molecule has 0 aromatic carbocycles. The highest BCUT2D eigenvalue weighted by molar-refractivity contribution is 6.33. The van der Waals surface area contributed by atoms with E-state index in [0.29, 0.717) is 10.7 Å². The molecule has 4 heteroatoms. The van der Waals surface area contributed by atoms with Crippen LogP contribution in [0.3, 0.4) is 0 Å². The van der Waals surface area contributed by atoms with E-state index in [1.807, 2.05) is 0 Å². The first kappa shape index (κ1) is 5.68. The fourth-order valence-corrected chi connectivity index (χ4v) is 0.967. The minimum Gasteiger partial charge on any atom is -0.344 e. The lowest BCUT2D eigenvalue weighted by Gasteiger charge is -1.86. The second kappa shape index (κ2) is 1.95. The summed E-state index contributed by atoms with van der Waals surface area (Å²) in [6, 6.07) is 2.86. The molecule has 2 aromatic heterocycles. The summed E-state index contributed by atoms with van der Waals surface area (Å²) < 4.78 is 0. The van der Waals surface area contributed by atoms with Gasteiger partial charge in [-0.15, -0.1) is 0 Å². The van der Waals surface area contributed by atoms with Gasteiger partial charge in [0.1, 0.15) is 5.52 Å². The quantitative estimate of drug-likeness (QED) is 0.580. The molecule has 0 amide bonds. The largest absolute Gasteiger partial charge is 0.344 e. The van der Waals surface area contributed by atoms with E-state index in [9.17, 15) is 0 Å². The van der Waals surface area contributed by atoms with Crippen LogP contribution in [0.1, 0.15) is 0 Å². The van der Waals surface area contributed by atoms with Gasteiger partial charge in [0, 0.05) is 12.3 Å². The molecule has 1 N–H and O–H groups in total. The summed E-state index contributed by atoms with van der Waals surface area (Å²) >= 11 is 5.68. The number of hydrogen-bond donors (Lipinski definition) is 1. The van der Waals surface area contributed by atoms with E-state index in [1.54, 1.807) is 6.33 Å². The van der Waals surface area contributed by atoms with Crippen molar-refractivity contribution in [1.82, 2.24) is 15.0 Å². The summed E-state index contributed by atoms with van der Waals surface area (Å²) in [6.45, 7) is 0. The van der Waals surface area contributed by atoms with E-state index < -0.39 is 0 Å². The number of rotatable bonds is 0. The zero-order valence-electron chi connectivity index (χ0n) is 4.93. The highest BCUT2D eigenvalue weighted by atomic mass is 35.5. The highest BCUT2D eigenvalue weighted by Crippen LogP contribution is 2.14. The van der Waals surface area contributed by atoms with Crippen molar-refractivity contribution in [2.24, 2.45) is 0 Å². The van der Waals surface area contributed by atoms with Crippen LogP contribution in [0.25, 0.3) is 11.0 Å². The second-order valence-corrected chi connectivity index (χ2v) is 2.18. The summed E-state index contributed by atoms with van der Waals surface area (Å²) in [6.07, 6.45) is 3.08. The molecule has 3 nitrogen and oxygen atoms in total. The summed E-state index contributed by atoms with van der Waals surface area (Å²) in [5.74, 6) is 0. The SMILES string of the molecule is Clc1nc[c]c2[nH]cnc12. The maximum absolute atomic E-state index is 5.68. The Balaban J connectivity index is 2.95. The molecule has 0 aliphatic rings. The molecule has 0 unspecified atom stereocenters. The first-order valence-corrected chi connectivity index (χ1v) is 3.11. The maximum Gasteiger partial charge on any atom is 0.156 e. The van der Waals surface area contributed by atoms with Gasteiger partial charge >= 0.3 is 0 Å². The number of halogens is 1. The Labute approximate surface area is 62.1 Å². The molecule has 0 spiro atoms. The summed E-state index contributed by atoms with van der Waals surface area (Å²) in [4.78, 5) is 10.6. The topological polar surface area (TPSA) is 41.6 Å². The van der Waals surface area contributed by atoms with Crippen LogP contribution in [0.5, 0.6) is 0 Å². The van der Waals surface area contributed by atoms with Crippen LogP contribution in [-0.4, -0.2) is 15.0 Å². The normalized spacial score (nSPS) is 10.5. The number of aromatic nitrogens is 3. The monoisotopic (exact) mass is 152 g/mol. The molecule has 0 saturated carbocycles. The van der Waals surface area contributed by atoms with Crippen LogP contribution in [0.4, 0.5) is 0 Å². The van der Waals surface area contributed by atoms with Gasteiger partial charge in [0.05, 0.1) is 11.8 Å². The average Bonchev–Trinajstić information content (AvgIpc) is 2.36. The van der Waals surface area contributed by atoms with Gasteiger partial charge in [-0.1, -0.05) is 11.6 Å². The Morgan fingerprint density at radius 2 is 2.40 bits per heavy atom. The van der Waals surface area contributed by atoms with Crippen molar-refractivity contribution in [3.05, 3.63) is 23.7 Å². The van der Waals surface area contributed by atoms with Gasteiger partial charge in [-0.05, 0) is 0 Å². The lowest BCUT2D eigenvalue weighted by Crippen LogP contribution is -1.75. The van der Waals surface area contributed by atoms with Crippen molar-refractivity contribution >= 4 is 22.6 Å². The molecule has 2 heterocycles. The average molecular weight is 153 g/mol. The number of nitrogens with one attached hydrogen (secondary N) is 1. The van der Waals surface area contributed by atoms with Crippen molar-refractivity contribution in [3.63, 3.8) is 0 Å². The molecule has 2 rings (SSSR count). The first-order valence-electron chi connectivity index (χ1n) is 2.73. The molecule has 0 bridgehead atoms. The molecule has 2 aromatic rings. The first-order chi connectivity index (χ1) is 4.88. The number of hydrogen-bond acceptors (Lipinski definition) is 2. The van der Waals surface area contributed by atoms with Gasteiger partial charge in [-0.25, -0.2) is 9.97 Å². The number of pyridine rings is 1. The maximum atomic E-state index is 5.68. The van der Waals surface area contributed by atoms with E-state index in [-0.39, 0.29) is 0 Å². The summed E-state index contributed by atoms with van der Waals surface area (Å²) in [5, 5.41) is 0.412. The second-order valence-electron chi connectivity index (χ2n) is 1.82. The molecule has 0 saturated heterocycles. The Bertz CT molecular complexity index is 355. The molecule has 49 valence electrons. The fraction of sp³-hybridized carbons (Fsp3) is 0. The van der Waals surface area contributed by atoms with Gasteiger partial charge in [0.25, 0.3) is 0 Å². The van der Waals surface area contributed by atoms with Crippen LogP contribution < -0.4 is 0 Å². The van der Waals surface area contributed by atoms with Crippen LogP contribution >= 0.6 is 11.6 Å². The van der Waals surface area contributed by atoms with E-state index in [0.717, 1.165) is 5.52 Å². The van der Waals surface area contributed by atoms with E-state index in [4.69, 9.17) is 11.6 Å². The zero-order valence-corrected chi connectivity index (χ0v) is 5.68. The minimum absolute atomic E-state index is 0.412. The third-order valence-corrected chi connectivity index (χ3v) is 1.50. The number of imidazole rings is 1. The number of aromatic amines is 1. The Morgan fingerprint density at radius 3 is 3.20 bits per heavy atom. The Morgan fingerprint density at radius 1 is 1.50 bits per heavy atom. The predicted molar refractivity (Wildman–Crippen MR) is 37.7 cm³/mol. The van der Waals surface area contributed by atoms with Gasteiger partial charge in [0.2, 0.25) is 0 Å². The summed E-state index contributed by atoms with van der Waals surface area (Å²) in [7, 11) is 0. The number of H-pyrrole nitrogens is 1. The summed E-state index contributed by atoms with van der Waals surface area (Å²) in [5.41, 5.74) is 1.46. The Kier molecular flexibility index (Phi) is 1.11. The Hall–Kier alpha value is -1.09. The zero-order chi connectivity index (χ0) is 6.97. The molecule has 0 fully saturated rings. The highest BCUT2D eigenvalue weighted by Gasteiger charge is 1.99. The standard InChI is InChI=1S/C6H3ClN3/c7-6-5-4(1-2-8-6)9-3-10-5/h2-3H,(H,9,10). The molecule has 10 heavy (non-hydrogen) atoms. The van der Waals surface area contributed by atoms with E-state index in [1.165, 1.54) is 6.20 Å². The minimum atomic E-state index is 0.412. The third kappa shape index (κ3) is 0.675. The fourth-order valence-electron chi connectivity index (χ4n) is 0.775. The molecule has 0 aliphatic carbocycles. The predicted octanol–water partition coefficient (Wildman–Crippen LogP) is 1.41. The third-order valence-electron chi connectivity index (χ3n) is 1.22. The van der Waals surface area contributed by atoms with Gasteiger partial charge in [-0.3, -0.25) is 0 Å². The van der Waals surface area contributed by atoms with Gasteiger partial charge in [-0.2, -0.15) is 0 Å². The van der Waals surface area contributed by atoms with Gasteiger partial charge < -0.3 is 4.98 Å². The molecule has 0 atom stereocenters. The molecule has 0 aliphatic heterocycles. The molecule has 1 radical (unpaired) electrons. The van der Waals surface area contributed by atoms with E-state index in [2.05, 4.69) is 21.0 Å². The van der Waals surface area contributed by atoms with Crippen LogP contribution in [-0.2, 0) is 0 Å². The number of fused-ring (bicyclic) bond motifs is 1. The number of nitrogens with zero attached hydrogens (tertiary/aromatic N) is 2. The van der Waals surface area contributed by atoms with Crippen LogP contribution in [0, 0.1) is 6.07 Å². The lowest BCUT2D eigenvalue weighted by atomic mass is 10.4. The lowest BCUT2D eigenvalue weighted by molar-refractivity contribution is 1.33.